The minimum atomic E-state index is -0.464. The maximum Gasteiger partial charge on any atom is 0.233 e. The number of carbonyl (C=O) groups is 2. The minimum Gasteiger partial charge on any atom is -0.285 e. The second-order valence-corrected chi connectivity index (χ2v) is 5.85. The molecule has 2 aromatic carbocycles. The Bertz CT molecular complexity index is 617. The summed E-state index contributed by atoms with van der Waals surface area (Å²) >= 11 is 0. The van der Waals surface area contributed by atoms with Crippen LogP contribution in [0.3, 0.4) is 0 Å². The molecule has 2 nitrogen and oxygen atoms in total. The largest absolute Gasteiger partial charge is 0.285 e. The Morgan fingerprint density at radius 1 is 0.700 bits per heavy atom. The second kappa shape index (κ2) is 5.41. The Hall–Kier alpha value is -2.22. The highest BCUT2D eigenvalue weighted by atomic mass is 16.2. The molecule has 0 saturated carbocycles. The van der Waals surface area contributed by atoms with Crippen molar-refractivity contribution in [3.63, 3.8) is 0 Å². The molecule has 0 atom stereocenters. The SMILES string of the molecule is CC(C)(C)c1ccc(C(=O)C(=O)c2ccccc2)cc1. The highest BCUT2D eigenvalue weighted by Gasteiger charge is 2.19. The molecular formula is C18H18O2. The van der Waals surface area contributed by atoms with Gasteiger partial charge in [-0.3, -0.25) is 9.59 Å². The van der Waals surface area contributed by atoms with Crippen molar-refractivity contribution in [1.82, 2.24) is 0 Å². The Balaban J connectivity index is 2.24. The fourth-order valence-electron chi connectivity index (χ4n) is 1.97. The quantitative estimate of drug-likeness (QED) is 0.620. The lowest BCUT2D eigenvalue weighted by Gasteiger charge is -2.18. The summed E-state index contributed by atoms with van der Waals surface area (Å²) in [6.45, 7) is 6.33. The van der Waals surface area contributed by atoms with E-state index in [1.807, 2.05) is 18.2 Å². The molecule has 2 rings (SSSR count). The van der Waals surface area contributed by atoms with E-state index in [2.05, 4.69) is 20.8 Å². The third-order valence-electron chi connectivity index (χ3n) is 3.26. The van der Waals surface area contributed by atoms with Gasteiger partial charge in [-0.15, -0.1) is 0 Å². The summed E-state index contributed by atoms with van der Waals surface area (Å²) in [7, 11) is 0. The van der Waals surface area contributed by atoms with Gasteiger partial charge in [0.15, 0.2) is 0 Å². The van der Waals surface area contributed by atoms with Crippen molar-refractivity contribution in [2.24, 2.45) is 0 Å². The van der Waals surface area contributed by atoms with Crippen molar-refractivity contribution in [3.8, 4) is 0 Å². The average molecular weight is 266 g/mol. The molecule has 20 heavy (non-hydrogen) atoms. The lowest BCUT2D eigenvalue weighted by molar-refractivity contribution is 0.0817. The summed E-state index contributed by atoms with van der Waals surface area (Å²) in [5.74, 6) is -0.925. The van der Waals surface area contributed by atoms with Gasteiger partial charge in [-0.2, -0.15) is 0 Å². The zero-order valence-corrected chi connectivity index (χ0v) is 12.0. The summed E-state index contributed by atoms with van der Waals surface area (Å²) in [5.41, 5.74) is 2.04. The van der Waals surface area contributed by atoms with Gasteiger partial charge < -0.3 is 0 Å². The lowest BCUT2D eigenvalue weighted by Crippen LogP contribution is -2.15. The van der Waals surface area contributed by atoms with Crippen LogP contribution in [0, 0.1) is 0 Å². The van der Waals surface area contributed by atoms with Gasteiger partial charge in [0.25, 0.3) is 0 Å². The molecule has 0 aliphatic carbocycles. The van der Waals surface area contributed by atoms with Gasteiger partial charge in [0.1, 0.15) is 0 Å². The second-order valence-electron chi connectivity index (χ2n) is 5.85. The van der Waals surface area contributed by atoms with Crippen molar-refractivity contribution in [2.45, 2.75) is 26.2 Å². The smallest absolute Gasteiger partial charge is 0.233 e. The minimum absolute atomic E-state index is 0.0328. The van der Waals surface area contributed by atoms with Crippen LogP contribution >= 0.6 is 0 Å². The molecule has 2 aromatic rings. The maximum absolute atomic E-state index is 12.2. The van der Waals surface area contributed by atoms with Crippen molar-refractivity contribution in [2.75, 3.05) is 0 Å². The normalized spacial score (nSPS) is 11.2. The zero-order chi connectivity index (χ0) is 14.8. The van der Waals surface area contributed by atoms with E-state index in [0.29, 0.717) is 11.1 Å². The summed E-state index contributed by atoms with van der Waals surface area (Å²) in [6, 6.07) is 15.9. The van der Waals surface area contributed by atoms with Gasteiger partial charge in [0, 0.05) is 11.1 Å². The molecule has 2 heteroatoms. The highest BCUT2D eigenvalue weighted by Crippen LogP contribution is 2.22. The first-order valence-corrected chi connectivity index (χ1v) is 6.64. The summed E-state index contributed by atoms with van der Waals surface area (Å²) in [4.78, 5) is 24.2. The van der Waals surface area contributed by atoms with Crippen molar-refractivity contribution in [1.29, 1.82) is 0 Å². The Morgan fingerprint density at radius 3 is 1.60 bits per heavy atom. The number of ketones is 2. The molecule has 0 saturated heterocycles. The predicted octanol–water partition coefficient (Wildman–Crippen LogP) is 4.05. The van der Waals surface area contributed by atoms with E-state index in [4.69, 9.17) is 0 Å². The molecule has 102 valence electrons. The molecule has 0 unspecified atom stereocenters. The van der Waals surface area contributed by atoms with Gasteiger partial charge in [0.05, 0.1) is 0 Å². The molecule has 0 fully saturated rings. The van der Waals surface area contributed by atoms with Gasteiger partial charge in [-0.25, -0.2) is 0 Å². The van der Waals surface area contributed by atoms with Crippen LogP contribution in [0.15, 0.2) is 54.6 Å². The standard InChI is InChI=1S/C18H18O2/c1-18(2,3)15-11-9-14(10-12-15)17(20)16(19)13-7-5-4-6-8-13/h4-12H,1-3H3. The van der Waals surface area contributed by atoms with Crippen molar-refractivity contribution < 1.29 is 9.59 Å². The molecule has 0 amide bonds. The van der Waals surface area contributed by atoms with Crippen LogP contribution in [-0.4, -0.2) is 11.6 Å². The van der Waals surface area contributed by atoms with E-state index >= 15 is 0 Å². The van der Waals surface area contributed by atoms with E-state index in [1.165, 1.54) is 0 Å². The van der Waals surface area contributed by atoms with Crippen LogP contribution in [-0.2, 0) is 5.41 Å². The number of benzene rings is 2. The Morgan fingerprint density at radius 2 is 1.15 bits per heavy atom. The van der Waals surface area contributed by atoms with Gasteiger partial charge in [-0.05, 0) is 11.0 Å². The van der Waals surface area contributed by atoms with Gasteiger partial charge >= 0.3 is 0 Å². The van der Waals surface area contributed by atoms with E-state index in [-0.39, 0.29) is 5.41 Å². The van der Waals surface area contributed by atoms with Crippen LogP contribution in [0.1, 0.15) is 47.1 Å². The summed E-state index contributed by atoms with van der Waals surface area (Å²) in [5, 5.41) is 0. The highest BCUT2D eigenvalue weighted by molar-refractivity contribution is 6.49. The topological polar surface area (TPSA) is 34.1 Å². The molecule has 0 spiro atoms. The maximum atomic E-state index is 12.2. The van der Waals surface area contributed by atoms with Crippen LogP contribution in [0.5, 0.6) is 0 Å². The first kappa shape index (κ1) is 14.2. The summed E-state index contributed by atoms with van der Waals surface area (Å²) < 4.78 is 0. The third-order valence-corrected chi connectivity index (χ3v) is 3.26. The van der Waals surface area contributed by atoms with E-state index in [0.717, 1.165) is 5.56 Å². The number of rotatable bonds is 3. The van der Waals surface area contributed by atoms with Crippen LogP contribution < -0.4 is 0 Å². The lowest BCUT2D eigenvalue weighted by atomic mass is 9.86. The van der Waals surface area contributed by atoms with Crippen LogP contribution in [0.4, 0.5) is 0 Å². The molecule has 0 heterocycles. The Kier molecular flexibility index (Phi) is 3.84. The van der Waals surface area contributed by atoms with Gasteiger partial charge in [-0.1, -0.05) is 75.4 Å². The number of hydrogen-bond acceptors (Lipinski definition) is 2. The van der Waals surface area contributed by atoms with E-state index in [1.54, 1.807) is 36.4 Å². The fourth-order valence-corrected chi connectivity index (χ4v) is 1.97. The molecule has 0 N–H and O–H groups in total. The van der Waals surface area contributed by atoms with E-state index in [9.17, 15) is 9.59 Å². The first-order chi connectivity index (χ1) is 9.39. The number of hydrogen-bond donors (Lipinski definition) is 0. The molecule has 0 radical (unpaired) electrons. The molecular weight excluding hydrogens is 248 g/mol. The molecule has 0 bridgehead atoms. The summed E-state index contributed by atoms with van der Waals surface area (Å²) in [6.07, 6.45) is 0. The van der Waals surface area contributed by atoms with Gasteiger partial charge in [0.2, 0.25) is 11.6 Å². The predicted molar refractivity (Wildman–Crippen MR) is 80.2 cm³/mol. The zero-order valence-electron chi connectivity index (χ0n) is 12.0. The van der Waals surface area contributed by atoms with Crippen molar-refractivity contribution in [3.05, 3.63) is 71.3 Å². The van der Waals surface area contributed by atoms with Crippen molar-refractivity contribution >= 4 is 11.6 Å². The first-order valence-electron chi connectivity index (χ1n) is 6.64. The third kappa shape index (κ3) is 3.02. The number of carbonyl (C=O) groups excluding carboxylic acids is 2. The molecule has 0 aliphatic rings. The van der Waals surface area contributed by atoms with Crippen LogP contribution in [0.25, 0.3) is 0 Å². The molecule has 0 aliphatic heterocycles. The Labute approximate surface area is 119 Å². The monoisotopic (exact) mass is 266 g/mol. The van der Waals surface area contributed by atoms with E-state index < -0.39 is 11.6 Å². The van der Waals surface area contributed by atoms with Crippen LogP contribution in [0.2, 0.25) is 0 Å². The fraction of sp³-hybridized carbons (Fsp3) is 0.222. The molecule has 0 aromatic heterocycles. The average Bonchev–Trinajstić information content (AvgIpc) is 2.46. The number of Topliss-reactive ketones (excluding diaryl/α,β-unsaturated/α-hetero) is 2.